The molecule has 0 aliphatic carbocycles. The molecular formula is C23H28FN5O3. The standard InChI is InChI=1S/C23H28FN5O3/c24-19-13-17(6-7-21(19)28-10-8-26-9-11-28)29-15-18(32-23(29)31)14-27-22(30)20(25)12-16-4-2-1-3-5-16/h1-7,13,18,20,26H,8-12,14-15,25H2,(H,27,30). The van der Waals surface area contributed by atoms with E-state index >= 15 is 0 Å². The predicted octanol–water partition coefficient (Wildman–Crippen LogP) is 1.25. The minimum atomic E-state index is -0.697. The summed E-state index contributed by atoms with van der Waals surface area (Å²) in [6, 6.07) is 13.6. The SMILES string of the molecule is NC(Cc1ccccc1)C(=O)NCC1CN(c2ccc(N3CCNCC3)c(F)c2)C(=O)O1. The number of nitrogens with two attached hydrogens (primary N) is 1. The summed E-state index contributed by atoms with van der Waals surface area (Å²) in [5, 5.41) is 5.98. The van der Waals surface area contributed by atoms with Crippen LogP contribution in [-0.4, -0.2) is 63.4 Å². The maximum atomic E-state index is 14.7. The van der Waals surface area contributed by atoms with Gasteiger partial charge in [-0.05, 0) is 30.2 Å². The smallest absolute Gasteiger partial charge is 0.414 e. The van der Waals surface area contributed by atoms with E-state index in [0.29, 0.717) is 17.8 Å². The summed E-state index contributed by atoms with van der Waals surface area (Å²) < 4.78 is 20.1. The quantitative estimate of drug-likeness (QED) is 0.598. The first-order valence-corrected chi connectivity index (χ1v) is 10.8. The highest BCUT2D eigenvalue weighted by atomic mass is 19.1. The van der Waals surface area contributed by atoms with E-state index in [-0.39, 0.29) is 24.8 Å². The number of carbonyl (C=O) groups is 2. The third kappa shape index (κ3) is 5.17. The molecule has 0 aromatic heterocycles. The molecule has 8 nitrogen and oxygen atoms in total. The summed E-state index contributed by atoms with van der Waals surface area (Å²) in [7, 11) is 0. The van der Waals surface area contributed by atoms with Crippen LogP contribution in [0.4, 0.5) is 20.6 Å². The molecule has 170 valence electrons. The number of benzene rings is 2. The Balaban J connectivity index is 1.31. The van der Waals surface area contributed by atoms with Crippen LogP contribution < -0.4 is 26.2 Å². The van der Waals surface area contributed by atoms with Crippen molar-refractivity contribution < 1.29 is 18.7 Å². The van der Waals surface area contributed by atoms with E-state index in [0.717, 1.165) is 31.7 Å². The number of nitrogens with one attached hydrogen (secondary N) is 2. The number of hydrogen-bond donors (Lipinski definition) is 3. The summed E-state index contributed by atoms with van der Waals surface area (Å²) >= 11 is 0. The van der Waals surface area contributed by atoms with Crippen LogP contribution in [0.25, 0.3) is 0 Å². The fourth-order valence-electron chi connectivity index (χ4n) is 3.97. The highest BCUT2D eigenvalue weighted by Crippen LogP contribution is 2.28. The van der Waals surface area contributed by atoms with Gasteiger partial charge < -0.3 is 26.0 Å². The van der Waals surface area contributed by atoms with Crippen LogP contribution in [-0.2, 0) is 16.0 Å². The average Bonchev–Trinajstić information content (AvgIpc) is 3.19. The van der Waals surface area contributed by atoms with Gasteiger partial charge in [0.05, 0.1) is 30.5 Å². The van der Waals surface area contributed by atoms with Crippen LogP contribution in [0.3, 0.4) is 0 Å². The number of hydrogen-bond acceptors (Lipinski definition) is 6. The second-order valence-electron chi connectivity index (χ2n) is 8.03. The van der Waals surface area contributed by atoms with Crippen molar-refractivity contribution in [3.05, 3.63) is 59.9 Å². The molecule has 2 amide bonds. The maximum absolute atomic E-state index is 14.7. The van der Waals surface area contributed by atoms with Crippen molar-refractivity contribution in [2.45, 2.75) is 18.6 Å². The van der Waals surface area contributed by atoms with Crippen LogP contribution in [0.1, 0.15) is 5.56 Å². The lowest BCUT2D eigenvalue weighted by atomic mass is 10.1. The topological polar surface area (TPSA) is 99.9 Å². The number of ether oxygens (including phenoxy) is 1. The number of halogens is 1. The van der Waals surface area contributed by atoms with Crippen molar-refractivity contribution in [3.8, 4) is 0 Å². The zero-order chi connectivity index (χ0) is 22.5. The van der Waals surface area contributed by atoms with Crippen LogP contribution in [0.5, 0.6) is 0 Å². The molecule has 2 heterocycles. The molecule has 0 spiro atoms. The number of carbonyl (C=O) groups excluding carboxylic acids is 2. The molecule has 0 bridgehead atoms. The largest absolute Gasteiger partial charge is 0.442 e. The van der Waals surface area contributed by atoms with Crippen molar-refractivity contribution in [2.24, 2.45) is 5.73 Å². The Labute approximate surface area is 186 Å². The van der Waals surface area contributed by atoms with Crippen LogP contribution >= 0.6 is 0 Å². The molecule has 2 unspecified atom stereocenters. The molecule has 2 aromatic carbocycles. The third-order valence-electron chi connectivity index (χ3n) is 5.71. The van der Waals surface area contributed by atoms with E-state index in [2.05, 4.69) is 10.6 Å². The summed E-state index contributed by atoms with van der Waals surface area (Å²) in [6.07, 6.45) is -0.680. The summed E-state index contributed by atoms with van der Waals surface area (Å²) in [5.74, 6) is -0.685. The van der Waals surface area contributed by atoms with Gasteiger partial charge in [0.25, 0.3) is 0 Å². The van der Waals surface area contributed by atoms with Crippen molar-refractivity contribution in [3.63, 3.8) is 0 Å². The Kier molecular flexibility index (Phi) is 6.87. The van der Waals surface area contributed by atoms with Gasteiger partial charge in [-0.25, -0.2) is 9.18 Å². The Hall–Kier alpha value is -3.17. The average molecular weight is 442 g/mol. The maximum Gasteiger partial charge on any atom is 0.414 e. The van der Waals surface area contributed by atoms with Gasteiger partial charge in [0.15, 0.2) is 0 Å². The highest BCUT2D eigenvalue weighted by molar-refractivity contribution is 5.90. The normalized spacial score (nSPS) is 19.6. The second-order valence-corrected chi connectivity index (χ2v) is 8.03. The molecule has 0 saturated carbocycles. The van der Waals surface area contributed by atoms with Crippen LogP contribution in [0, 0.1) is 5.82 Å². The molecule has 2 saturated heterocycles. The van der Waals surface area contributed by atoms with Gasteiger partial charge in [0.2, 0.25) is 5.91 Å². The molecule has 2 aromatic rings. The zero-order valence-electron chi connectivity index (χ0n) is 17.8. The molecule has 4 N–H and O–H groups in total. The fraction of sp³-hybridized carbons (Fsp3) is 0.391. The van der Waals surface area contributed by atoms with Crippen molar-refractivity contribution >= 4 is 23.4 Å². The van der Waals surface area contributed by atoms with E-state index in [1.54, 1.807) is 12.1 Å². The van der Waals surface area contributed by atoms with Gasteiger partial charge in [-0.1, -0.05) is 30.3 Å². The molecule has 32 heavy (non-hydrogen) atoms. The number of piperazine rings is 1. The number of amides is 2. The van der Waals surface area contributed by atoms with E-state index in [9.17, 15) is 14.0 Å². The number of anilines is 2. The lowest BCUT2D eigenvalue weighted by molar-refractivity contribution is -0.122. The second kappa shape index (κ2) is 9.97. The van der Waals surface area contributed by atoms with E-state index < -0.39 is 18.2 Å². The van der Waals surface area contributed by atoms with E-state index in [4.69, 9.17) is 10.5 Å². The van der Waals surface area contributed by atoms with Gasteiger partial charge in [-0.2, -0.15) is 0 Å². The lowest BCUT2D eigenvalue weighted by Gasteiger charge is -2.30. The first-order valence-electron chi connectivity index (χ1n) is 10.8. The molecule has 4 rings (SSSR count). The van der Waals surface area contributed by atoms with Gasteiger partial charge in [-0.15, -0.1) is 0 Å². The molecule has 2 aliphatic heterocycles. The minimum absolute atomic E-state index is 0.144. The van der Waals surface area contributed by atoms with Crippen LogP contribution in [0.2, 0.25) is 0 Å². The van der Waals surface area contributed by atoms with Gasteiger partial charge in [0.1, 0.15) is 11.9 Å². The molecule has 2 atom stereocenters. The van der Waals surface area contributed by atoms with E-state index in [1.807, 2.05) is 35.2 Å². The van der Waals surface area contributed by atoms with E-state index in [1.165, 1.54) is 11.0 Å². The monoisotopic (exact) mass is 441 g/mol. The van der Waals surface area contributed by atoms with Crippen LogP contribution in [0.15, 0.2) is 48.5 Å². The molecule has 2 aliphatic rings. The number of rotatable bonds is 7. The predicted molar refractivity (Wildman–Crippen MR) is 120 cm³/mol. The summed E-state index contributed by atoms with van der Waals surface area (Å²) in [5.41, 5.74) is 7.92. The fourth-order valence-corrected chi connectivity index (χ4v) is 3.97. The molecule has 2 fully saturated rings. The number of cyclic esters (lactones) is 1. The zero-order valence-corrected chi connectivity index (χ0v) is 17.8. The molecule has 0 radical (unpaired) electrons. The molecular weight excluding hydrogens is 413 g/mol. The Morgan fingerprint density at radius 3 is 2.69 bits per heavy atom. The van der Waals surface area contributed by atoms with Gasteiger partial charge >= 0.3 is 6.09 Å². The van der Waals surface area contributed by atoms with Crippen molar-refractivity contribution in [1.29, 1.82) is 0 Å². The first-order chi connectivity index (χ1) is 15.5. The van der Waals surface area contributed by atoms with Crippen molar-refractivity contribution in [2.75, 3.05) is 49.1 Å². The summed E-state index contributed by atoms with van der Waals surface area (Å²) in [6.45, 7) is 3.45. The highest BCUT2D eigenvalue weighted by Gasteiger charge is 2.33. The minimum Gasteiger partial charge on any atom is -0.442 e. The molecule has 9 heteroatoms. The number of nitrogens with zero attached hydrogens (tertiary/aromatic N) is 2. The lowest BCUT2D eigenvalue weighted by Crippen LogP contribution is -2.45. The van der Waals surface area contributed by atoms with Gasteiger partial charge in [-0.3, -0.25) is 9.69 Å². The summed E-state index contributed by atoms with van der Waals surface area (Å²) in [4.78, 5) is 28.0. The van der Waals surface area contributed by atoms with Gasteiger partial charge in [0, 0.05) is 26.2 Å². The first kappa shape index (κ1) is 22.0. The third-order valence-corrected chi connectivity index (χ3v) is 5.71. The Bertz CT molecular complexity index is 952. The van der Waals surface area contributed by atoms with Crippen molar-refractivity contribution in [1.82, 2.24) is 10.6 Å². The Morgan fingerprint density at radius 2 is 1.97 bits per heavy atom. The Morgan fingerprint density at radius 1 is 1.22 bits per heavy atom.